The molecular formula is C23H35N3O3. The van der Waals surface area contributed by atoms with E-state index in [-0.39, 0.29) is 28.9 Å². The minimum atomic E-state index is -0.227. The fourth-order valence-electron chi connectivity index (χ4n) is 7.30. The Kier molecular flexibility index (Phi) is 4.76. The topological polar surface area (TPSA) is 79.8 Å². The average Bonchev–Trinajstić information content (AvgIpc) is 3.28. The van der Waals surface area contributed by atoms with Crippen LogP contribution in [-0.2, 0) is 14.4 Å². The quantitative estimate of drug-likeness (QED) is 0.698. The number of ketones is 1. The van der Waals surface area contributed by atoms with Gasteiger partial charge in [-0.3, -0.25) is 9.59 Å². The maximum absolute atomic E-state index is 12.9. The van der Waals surface area contributed by atoms with Gasteiger partial charge >= 0.3 is 0 Å². The Morgan fingerprint density at radius 1 is 1.03 bits per heavy atom. The average molecular weight is 402 g/mol. The van der Waals surface area contributed by atoms with Crippen molar-refractivity contribution in [3.05, 3.63) is 0 Å². The minimum Gasteiger partial charge on any atom is -0.391 e. The van der Waals surface area contributed by atoms with E-state index >= 15 is 0 Å². The van der Waals surface area contributed by atoms with E-state index in [1.807, 2.05) is 0 Å². The van der Waals surface area contributed by atoms with Crippen LogP contribution in [0.15, 0.2) is 5.16 Å². The van der Waals surface area contributed by atoms with Gasteiger partial charge in [0.2, 0.25) is 5.91 Å². The highest BCUT2D eigenvalue weighted by Crippen LogP contribution is 2.60. The fraction of sp³-hybridized carbons (Fsp3) is 0.870. The van der Waals surface area contributed by atoms with Crippen molar-refractivity contribution in [2.45, 2.75) is 83.8 Å². The lowest BCUT2D eigenvalue weighted by Crippen LogP contribution is -2.56. The van der Waals surface area contributed by atoms with Crippen LogP contribution < -0.4 is 10.6 Å². The van der Waals surface area contributed by atoms with E-state index in [4.69, 9.17) is 4.84 Å². The zero-order valence-corrected chi connectivity index (χ0v) is 17.8. The van der Waals surface area contributed by atoms with Crippen LogP contribution in [0.1, 0.15) is 71.6 Å². The first kappa shape index (κ1) is 19.5. The Balaban J connectivity index is 1.37. The Morgan fingerprint density at radius 3 is 2.69 bits per heavy atom. The second-order valence-corrected chi connectivity index (χ2v) is 10.7. The highest BCUT2D eigenvalue weighted by Gasteiger charge is 2.60. The molecule has 0 spiro atoms. The first-order valence-electron chi connectivity index (χ1n) is 11.6. The van der Waals surface area contributed by atoms with E-state index < -0.39 is 0 Å². The molecule has 5 rings (SSSR count). The molecular weight excluding hydrogens is 366 g/mol. The van der Waals surface area contributed by atoms with E-state index in [9.17, 15) is 9.59 Å². The number of hydrogen-bond acceptors (Lipinski definition) is 5. The van der Waals surface area contributed by atoms with Crippen LogP contribution in [0, 0.1) is 28.6 Å². The number of nitrogens with one attached hydrogen (secondary N) is 2. The van der Waals surface area contributed by atoms with Gasteiger partial charge in [-0.1, -0.05) is 19.0 Å². The largest absolute Gasteiger partial charge is 0.391 e. The summed E-state index contributed by atoms with van der Waals surface area (Å²) in [5.41, 5.74) is 1.03. The van der Waals surface area contributed by atoms with Crippen molar-refractivity contribution >= 4 is 17.4 Å². The predicted molar refractivity (Wildman–Crippen MR) is 110 cm³/mol. The van der Waals surface area contributed by atoms with Gasteiger partial charge in [-0.25, -0.2) is 0 Å². The first-order valence-corrected chi connectivity index (χ1v) is 11.6. The smallest absolute Gasteiger partial charge is 0.220 e. The van der Waals surface area contributed by atoms with E-state index in [0.717, 1.165) is 63.7 Å². The predicted octanol–water partition coefficient (Wildman–Crippen LogP) is 2.81. The van der Waals surface area contributed by atoms with Crippen molar-refractivity contribution in [3.63, 3.8) is 0 Å². The lowest BCUT2D eigenvalue weighted by Gasteiger charge is -2.53. The number of hydrogen-bond donors (Lipinski definition) is 2. The second-order valence-electron chi connectivity index (χ2n) is 10.7. The molecule has 160 valence electrons. The van der Waals surface area contributed by atoms with Gasteiger partial charge in [0.1, 0.15) is 11.9 Å². The van der Waals surface area contributed by atoms with Gasteiger partial charge in [0, 0.05) is 37.3 Å². The highest BCUT2D eigenvalue weighted by molar-refractivity contribution is 5.88. The molecule has 0 radical (unpaired) electrons. The summed E-state index contributed by atoms with van der Waals surface area (Å²) in [6.45, 7) is 6.44. The molecule has 3 aliphatic carbocycles. The Bertz CT molecular complexity index is 731. The van der Waals surface area contributed by atoms with Gasteiger partial charge in [0.15, 0.2) is 0 Å². The van der Waals surface area contributed by atoms with E-state index in [0.29, 0.717) is 36.4 Å². The standard InChI is InChI=1S/C23H35N3O3/c1-22-8-5-15(26-29-16-7-10-24-13-16)11-14(22)12-20(28)25-21-17-3-4-19(27)23(17,2)9-6-18(21)22/h14,16-18,21,24H,3-13H2,1-2H3,(H,25,28)/b26-15-/t14?,16-,17+,18+,21+,22+,23+/m1/s1. The molecule has 0 aromatic rings. The molecule has 5 fully saturated rings. The molecule has 1 amide bonds. The normalized spacial score (nSPS) is 48.5. The Hall–Kier alpha value is -1.43. The highest BCUT2D eigenvalue weighted by atomic mass is 16.6. The van der Waals surface area contributed by atoms with E-state index in [1.54, 1.807) is 0 Å². The second kappa shape index (κ2) is 7.07. The minimum absolute atomic E-state index is 0.130. The number of Topliss-reactive ketones (excluding diaryl/α,β-unsaturated/α-hetero) is 1. The van der Waals surface area contributed by atoms with Crippen LogP contribution in [0.4, 0.5) is 0 Å². The summed E-state index contributed by atoms with van der Waals surface area (Å²) in [6, 6.07) is 0.155. The number of amides is 1. The van der Waals surface area contributed by atoms with Gasteiger partial charge < -0.3 is 15.5 Å². The van der Waals surface area contributed by atoms with Crippen molar-refractivity contribution in [1.82, 2.24) is 10.6 Å². The molecule has 1 unspecified atom stereocenters. The van der Waals surface area contributed by atoms with Gasteiger partial charge in [-0.2, -0.15) is 0 Å². The number of fused-ring (bicyclic) bond motifs is 5. The SMILES string of the molecule is C[C@]12CC/C(=N/O[C@@H]3CCNC3)CC1CC(=O)N[C@@H]1[C@@H]2CC[C@]2(C)C(=O)CC[C@@H]12. The molecule has 2 aliphatic heterocycles. The number of carbonyl (C=O) groups is 2. The molecule has 3 saturated carbocycles. The summed E-state index contributed by atoms with van der Waals surface area (Å²) in [6.07, 6.45) is 8.33. The monoisotopic (exact) mass is 401 g/mol. The van der Waals surface area contributed by atoms with Gasteiger partial charge in [0.25, 0.3) is 0 Å². The maximum atomic E-state index is 12.9. The molecule has 0 aromatic heterocycles. The van der Waals surface area contributed by atoms with E-state index in [1.165, 1.54) is 0 Å². The molecule has 2 N–H and O–H groups in total. The first-order chi connectivity index (χ1) is 13.9. The number of nitrogens with zero attached hydrogens (tertiary/aromatic N) is 1. The Morgan fingerprint density at radius 2 is 1.90 bits per heavy atom. The lowest BCUT2D eigenvalue weighted by atomic mass is 9.52. The summed E-state index contributed by atoms with van der Waals surface area (Å²) in [5.74, 6) is 1.67. The van der Waals surface area contributed by atoms with Crippen molar-refractivity contribution in [2.75, 3.05) is 13.1 Å². The zero-order valence-electron chi connectivity index (χ0n) is 17.8. The Labute approximate surface area is 173 Å². The molecule has 6 heteroatoms. The van der Waals surface area contributed by atoms with Crippen LogP contribution in [0.3, 0.4) is 0 Å². The maximum Gasteiger partial charge on any atom is 0.220 e. The molecule has 0 aromatic carbocycles. The zero-order chi connectivity index (χ0) is 20.2. The molecule has 2 heterocycles. The molecule has 0 bridgehead atoms. The molecule has 5 aliphatic rings. The molecule has 2 saturated heterocycles. The molecule has 29 heavy (non-hydrogen) atoms. The van der Waals surface area contributed by atoms with Crippen molar-refractivity contribution in [1.29, 1.82) is 0 Å². The van der Waals surface area contributed by atoms with Crippen LogP contribution in [0.5, 0.6) is 0 Å². The lowest BCUT2D eigenvalue weighted by molar-refractivity contribution is -0.131. The van der Waals surface area contributed by atoms with Crippen molar-refractivity contribution in [3.8, 4) is 0 Å². The third-order valence-electron chi connectivity index (χ3n) is 9.30. The summed E-state index contributed by atoms with van der Waals surface area (Å²) in [4.78, 5) is 31.3. The number of rotatable bonds is 2. The third-order valence-corrected chi connectivity index (χ3v) is 9.30. The fourth-order valence-corrected chi connectivity index (χ4v) is 7.30. The van der Waals surface area contributed by atoms with Crippen LogP contribution in [-0.4, -0.2) is 42.6 Å². The summed E-state index contributed by atoms with van der Waals surface area (Å²) in [5, 5.41) is 11.2. The van der Waals surface area contributed by atoms with Crippen molar-refractivity contribution in [2.24, 2.45) is 33.7 Å². The van der Waals surface area contributed by atoms with Crippen LogP contribution >= 0.6 is 0 Å². The van der Waals surface area contributed by atoms with Crippen LogP contribution in [0.25, 0.3) is 0 Å². The molecule has 6 nitrogen and oxygen atoms in total. The van der Waals surface area contributed by atoms with Gasteiger partial charge in [0.05, 0.1) is 5.71 Å². The number of oxime groups is 1. The number of carbonyl (C=O) groups excluding carboxylic acids is 2. The van der Waals surface area contributed by atoms with Gasteiger partial charge in [-0.15, -0.1) is 0 Å². The van der Waals surface area contributed by atoms with E-state index in [2.05, 4.69) is 29.6 Å². The molecule has 7 atom stereocenters. The summed E-state index contributed by atoms with van der Waals surface area (Å²) < 4.78 is 0. The third kappa shape index (κ3) is 3.13. The summed E-state index contributed by atoms with van der Waals surface area (Å²) >= 11 is 0. The van der Waals surface area contributed by atoms with Gasteiger partial charge in [-0.05, 0) is 68.2 Å². The summed E-state index contributed by atoms with van der Waals surface area (Å²) in [7, 11) is 0. The van der Waals surface area contributed by atoms with Crippen molar-refractivity contribution < 1.29 is 14.4 Å². The van der Waals surface area contributed by atoms with Crippen LogP contribution in [0.2, 0.25) is 0 Å².